The van der Waals surface area contributed by atoms with Crippen LogP contribution in [0.3, 0.4) is 0 Å². The first-order chi connectivity index (χ1) is 12.9. The molecule has 0 spiro atoms. The second kappa shape index (κ2) is 7.68. The van der Waals surface area contributed by atoms with Crippen molar-refractivity contribution in [1.29, 1.82) is 0 Å². The maximum Gasteiger partial charge on any atom is 0.306 e. The topological polar surface area (TPSA) is 103 Å². The number of benzene rings is 1. The minimum absolute atomic E-state index is 0.225. The molecule has 0 aliphatic heterocycles. The van der Waals surface area contributed by atoms with Gasteiger partial charge in [0.1, 0.15) is 17.0 Å². The number of hydrogen-bond donors (Lipinski definition) is 2. The van der Waals surface area contributed by atoms with Crippen molar-refractivity contribution in [3.63, 3.8) is 0 Å². The molecular weight excluding hydrogens is 344 g/mol. The molecule has 3 N–H and O–H groups in total. The second-order valence-electron chi connectivity index (χ2n) is 7.69. The lowest BCUT2D eigenvalue weighted by atomic mass is 9.72. The Bertz CT molecular complexity index is 800. The molecule has 0 amide bonds. The molecule has 2 atom stereocenters. The van der Waals surface area contributed by atoms with Gasteiger partial charge in [0, 0.05) is 25.6 Å². The highest BCUT2D eigenvalue weighted by Gasteiger charge is 2.43. The third-order valence-corrected chi connectivity index (χ3v) is 5.73. The zero-order valence-electron chi connectivity index (χ0n) is 16.2. The summed E-state index contributed by atoms with van der Waals surface area (Å²) in [5.74, 6) is -0.0948. The first kappa shape index (κ1) is 19.4. The number of ether oxygens (including phenoxy) is 1. The van der Waals surface area contributed by atoms with Gasteiger partial charge in [0.25, 0.3) is 0 Å². The lowest BCUT2D eigenvalue weighted by molar-refractivity contribution is -0.147. The number of aromatic nitrogens is 3. The lowest BCUT2D eigenvalue weighted by Gasteiger charge is -2.43. The maximum atomic E-state index is 11.5. The van der Waals surface area contributed by atoms with Crippen molar-refractivity contribution >= 4 is 5.97 Å². The molecule has 1 saturated carbocycles. The monoisotopic (exact) mass is 372 g/mol. The van der Waals surface area contributed by atoms with Crippen LogP contribution in [0.2, 0.25) is 0 Å². The van der Waals surface area contributed by atoms with Crippen molar-refractivity contribution in [3.05, 3.63) is 30.0 Å². The van der Waals surface area contributed by atoms with Crippen LogP contribution in [0.25, 0.3) is 11.3 Å². The molecule has 1 aliphatic rings. The Morgan fingerprint density at radius 1 is 1.41 bits per heavy atom. The lowest BCUT2D eigenvalue weighted by Crippen LogP contribution is -2.47. The maximum absolute atomic E-state index is 11.5. The van der Waals surface area contributed by atoms with Gasteiger partial charge in [-0.3, -0.25) is 9.48 Å². The van der Waals surface area contributed by atoms with E-state index in [1.54, 1.807) is 4.68 Å². The van der Waals surface area contributed by atoms with Crippen molar-refractivity contribution in [1.82, 2.24) is 15.0 Å². The molecular formula is C20H28N4O3. The Morgan fingerprint density at radius 3 is 2.70 bits per heavy atom. The van der Waals surface area contributed by atoms with Crippen LogP contribution in [0.5, 0.6) is 5.75 Å². The molecule has 1 aromatic heterocycles. The molecule has 1 aromatic carbocycles. The number of nitrogens with two attached hydrogens (primary N) is 1. The highest BCUT2D eigenvalue weighted by Crippen LogP contribution is 2.41. The fraction of sp³-hybridized carbons (Fsp3) is 0.550. The predicted octanol–water partition coefficient (Wildman–Crippen LogP) is 2.99. The molecule has 3 rings (SSSR count). The van der Waals surface area contributed by atoms with E-state index in [9.17, 15) is 9.90 Å². The van der Waals surface area contributed by atoms with E-state index in [0.717, 1.165) is 42.0 Å². The van der Waals surface area contributed by atoms with E-state index in [4.69, 9.17) is 10.5 Å². The van der Waals surface area contributed by atoms with Crippen molar-refractivity contribution in [2.45, 2.75) is 51.7 Å². The van der Waals surface area contributed by atoms with Gasteiger partial charge in [0.05, 0.1) is 11.6 Å². The molecule has 146 valence electrons. The smallest absolute Gasteiger partial charge is 0.306 e. The second-order valence-corrected chi connectivity index (χ2v) is 7.69. The minimum Gasteiger partial charge on any atom is -0.487 e. The fourth-order valence-corrected chi connectivity index (χ4v) is 3.96. The van der Waals surface area contributed by atoms with Gasteiger partial charge in [-0.05, 0) is 49.4 Å². The number of carboxylic acids is 1. The van der Waals surface area contributed by atoms with Crippen molar-refractivity contribution in [3.8, 4) is 17.0 Å². The largest absolute Gasteiger partial charge is 0.487 e. The number of carbonyl (C=O) groups is 1. The van der Waals surface area contributed by atoms with Crippen LogP contribution in [0.4, 0.5) is 0 Å². The Hall–Kier alpha value is -2.41. The summed E-state index contributed by atoms with van der Waals surface area (Å²) < 4.78 is 8.09. The molecule has 2 unspecified atom stereocenters. The van der Waals surface area contributed by atoms with Gasteiger partial charge in [-0.15, -0.1) is 5.10 Å². The number of aryl methyl sites for hydroxylation is 1. The molecule has 1 heterocycles. The van der Waals surface area contributed by atoms with Gasteiger partial charge < -0.3 is 15.6 Å². The van der Waals surface area contributed by atoms with Gasteiger partial charge in [0.15, 0.2) is 0 Å². The average Bonchev–Trinajstić information content (AvgIpc) is 3.03. The number of rotatable bonds is 6. The van der Waals surface area contributed by atoms with Crippen LogP contribution in [0, 0.1) is 11.8 Å². The van der Waals surface area contributed by atoms with E-state index in [1.807, 2.05) is 31.3 Å². The van der Waals surface area contributed by atoms with Crippen molar-refractivity contribution < 1.29 is 14.6 Å². The summed E-state index contributed by atoms with van der Waals surface area (Å²) in [6.45, 7) is 4.57. The zero-order valence-corrected chi connectivity index (χ0v) is 16.2. The number of aliphatic carboxylic acids is 1. The summed E-state index contributed by atoms with van der Waals surface area (Å²) in [4.78, 5) is 11.5. The van der Waals surface area contributed by atoms with E-state index in [-0.39, 0.29) is 11.8 Å². The number of nitrogens with zero attached hydrogens (tertiary/aromatic N) is 3. The molecule has 0 radical (unpaired) electrons. The fourth-order valence-electron chi connectivity index (χ4n) is 3.96. The molecule has 7 heteroatoms. The van der Waals surface area contributed by atoms with Crippen LogP contribution in [-0.2, 0) is 18.4 Å². The van der Waals surface area contributed by atoms with E-state index >= 15 is 0 Å². The molecule has 0 bridgehead atoms. The SMILES string of the molecule is CC(C)C1(Oc2ccc(-c3nnn(C)c3CN)cc2)CCCC(C(=O)O)C1. The number of carboxylic acid groups (broad SMARTS) is 1. The van der Waals surface area contributed by atoms with Gasteiger partial charge in [0.2, 0.25) is 0 Å². The average molecular weight is 372 g/mol. The summed E-state index contributed by atoms with van der Waals surface area (Å²) in [6, 6.07) is 7.73. The molecule has 1 aliphatic carbocycles. The van der Waals surface area contributed by atoms with Crippen molar-refractivity contribution in [2.75, 3.05) is 0 Å². The molecule has 2 aromatic rings. The van der Waals surface area contributed by atoms with Gasteiger partial charge in [-0.2, -0.15) is 0 Å². The first-order valence-corrected chi connectivity index (χ1v) is 9.47. The van der Waals surface area contributed by atoms with Crippen LogP contribution >= 0.6 is 0 Å². The third kappa shape index (κ3) is 3.83. The number of hydrogen-bond acceptors (Lipinski definition) is 5. The predicted molar refractivity (Wildman–Crippen MR) is 102 cm³/mol. The highest BCUT2D eigenvalue weighted by atomic mass is 16.5. The summed E-state index contributed by atoms with van der Waals surface area (Å²) in [6.07, 6.45) is 3.01. The van der Waals surface area contributed by atoms with Crippen LogP contribution in [-0.4, -0.2) is 31.7 Å². The van der Waals surface area contributed by atoms with Gasteiger partial charge in [-0.1, -0.05) is 19.1 Å². The van der Waals surface area contributed by atoms with E-state index in [2.05, 4.69) is 24.2 Å². The van der Waals surface area contributed by atoms with Gasteiger partial charge in [-0.25, -0.2) is 0 Å². The summed E-state index contributed by atoms with van der Waals surface area (Å²) >= 11 is 0. The quantitative estimate of drug-likeness (QED) is 0.808. The summed E-state index contributed by atoms with van der Waals surface area (Å²) in [7, 11) is 1.82. The van der Waals surface area contributed by atoms with Crippen molar-refractivity contribution in [2.24, 2.45) is 24.6 Å². The zero-order chi connectivity index (χ0) is 19.6. The molecule has 1 fully saturated rings. The Kier molecular flexibility index (Phi) is 5.51. The standard InChI is InChI=1S/C20H28N4O3/c1-13(2)20(10-4-5-15(11-20)19(25)26)27-16-8-6-14(7-9-16)18-17(12-21)24(3)23-22-18/h6-9,13,15H,4-5,10-12,21H2,1-3H3,(H,25,26). The van der Waals surface area contributed by atoms with E-state index in [1.165, 1.54) is 0 Å². The Balaban J connectivity index is 1.82. The van der Waals surface area contributed by atoms with Crippen LogP contribution < -0.4 is 10.5 Å². The normalized spacial score (nSPS) is 22.8. The third-order valence-electron chi connectivity index (χ3n) is 5.73. The molecule has 0 saturated heterocycles. The summed E-state index contributed by atoms with van der Waals surface area (Å²) in [5.41, 5.74) is 7.93. The van der Waals surface area contributed by atoms with E-state index in [0.29, 0.717) is 13.0 Å². The van der Waals surface area contributed by atoms with Crippen LogP contribution in [0.15, 0.2) is 24.3 Å². The van der Waals surface area contributed by atoms with E-state index < -0.39 is 11.6 Å². The first-order valence-electron chi connectivity index (χ1n) is 9.47. The Labute approximate surface area is 159 Å². The molecule has 27 heavy (non-hydrogen) atoms. The van der Waals surface area contributed by atoms with Gasteiger partial charge >= 0.3 is 5.97 Å². The van der Waals surface area contributed by atoms with Crippen LogP contribution in [0.1, 0.15) is 45.2 Å². The Morgan fingerprint density at radius 2 is 2.11 bits per heavy atom. The molecule has 7 nitrogen and oxygen atoms in total. The highest BCUT2D eigenvalue weighted by molar-refractivity contribution is 5.70. The minimum atomic E-state index is -0.726. The summed E-state index contributed by atoms with van der Waals surface area (Å²) in [5, 5.41) is 17.7.